The molecule has 0 bridgehead atoms. The van der Waals surface area contributed by atoms with Gasteiger partial charge in [-0.25, -0.2) is 0 Å². The molecule has 84 valence electrons. The van der Waals surface area contributed by atoms with E-state index in [-0.39, 0.29) is 6.04 Å². The van der Waals surface area contributed by atoms with Gasteiger partial charge in [0.05, 0.1) is 0 Å². The van der Waals surface area contributed by atoms with Gasteiger partial charge in [-0.05, 0) is 12.8 Å². The number of rotatable bonds is 9. The quantitative estimate of drug-likeness (QED) is 0.580. The summed E-state index contributed by atoms with van der Waals surface area (Å²) in [4.78, 5) is 11.4. The standard InChI is InChI=1S/C12H25NO/c1-3-5-6-7-8-9-12(14)10-11(13)4-2/h11H,3-10,13H2,1-2H3. The van der Waals surface area contributed by atoms with E-state index in [1.54, 1.807) is 0 Å². The normalized spacial score (nSPS) is 12.8. The zero-order valence-corrected chi connectivity index (χ0v) is 9.72. The molecule has 14 heavy (non-hydrogen) atoms. The third-order valence-electron chi connectivity index (χ3n) is 2.57. The minimum absolute atomic E-state index is 0.0816. The van der Waals surface area contributed by atoms with E-state index in [1.165, 1.54) is 25.7 Å². The van der Waals surface area contributed by atoms with Crippen LogP contribution in [0.2, 0.25) is 0 Å². The second-order valence-corrected chi connectivity index (χ2v) is 4.08. The van der Waals surface area contributed by atoms with Gasteiger partial charge in [0.2, 0.25) is 0 Å². The van der Waals surface area contributed by atoms with Crippen molar-refractivity contribution in [2.75, 3.05) is 0 Å². The van der Waals surface area contributed by atoms with Gasteiger partial charge < -0.3 is 5.73 Å². The molecule has 2 nitrogen and oxygen atoms in total. The molecule has 0 aromatic carbocycles. The zero-order chi connectivity index (χ0) is 10.8. The second-order valence-electron chi connectivity index (χ2n) is 4.08. The molecule has 0 aromatic rings. The minimum Gasteiger partial charge on any atom is -0.327 e. The van der Waals surface area contributed by atoms with E-state index >= 15 is 0 Å². The molecule has 0 aliphatic heterocycles. The molecule has 0 heterocycles. The Hall–Kier alpha value is -0.370. The van der Waals surface area contributed by atoms with Crippen LogP contribution in [0.15, 0.2) is 0 Å². The monoisotopic (exact) mass is 199 g/mol. The molecule has 0 saturated carbocycles. The molecule has 0 aromatic heterocycles. The Morgan fingerprint density at radius 3 is 2.36 bits per heavy atom. The Labute approximate surface area is 88.3 Å². The number of carbonyl (C=O) groups is 1. The second kappa shape index (κ2) is 9.20. The van der Waals surface area contributed by atoms with Crippen molar-refractivity contribution in [3.05, 3.63) is 0 Å². The van der Waals surface area contributed by atoms with Gasteiger partial charge in [-0.15, -0.1) is 0 Å². The fraction of sp³-hybridized carbons (Fsp3) is 0.917. The van der Waals surface area contributed by atoms with E-state index in [9.17, 15) is 4.79 Å². The number of ketones is 1. The lowest BCUT2D eigenvalue weighted by Gasteiger charge is -2.06. The van der Waals surface area contributed by atoms with Crippen molar-refractivity contribution in [2.45, 2.75) is 71.3 Å². The fourth-order valence-electron chi connectivity index (χ4n) is 1.46. The molecule has 0 spiro atoms. The SMILES string of the molecule is CCCCCCCC(=O)CC(N)CC. The predicted molar refractivity (Wildman–Crippen MR) is 61.3 cm³/mol. The lowest BCUT2D eigenvalue weighted by atomic mass is 10.0. The fourth-order valence-corrected chi connectivity index (χ4v) is 1.46. The summed E-state index contributed by atoms with van der Waals surface area (Å²) in [6, 6.07) is 0.0816. The van der Waals surface area contributed by atoms with Crippen molar-refractivity contribution in [3.8, 4) is 0 Å². The van der Waals surface area contributed by atoms with Gasteiger partial charge in [0.15, 0.2) is 0 Å². The van der Waals surface area contributed by atoms with Gasteiger partial charge in [0, 0.05) is 18.9 Å². The van der Waals surface area contributed by atoms with Gasteiger partial charge in [-0.3, -0.25) is 4.79 Å². The van der Waals surface area contributed by atoms with E-state index in [4.69, 9.17) is 5.73 Å². The van der Waals surface area contributed by atoms with Crippen molar-refractivity contribution in [3.63, 3.8) is 0 Å². The highest BCUT2D eigenvalue weighted by molar-refractivity contribution is 5.78. The van der Waals surface area contributed by atoms with Crippen molar-refractivity contribution in [1.29, 1.82) is 0 Å². The predicted octanol–water partition coefficient (Wildman–Crippen LogP) is 3.04. The van der Waals surface area contributed by atoms with Crippen LogP contribution in [-0.4, -0.2) is 11.8 Å². The van der Waals surface area contributed by atoms with Crippen molar-refractivity contribution in [2.24, 2.45) is 5.73 Å². The van der Waals surface area contributed by atoms with Crippen molar-refractivity contribution < 1.29 is 4.79 Å². The summed E-state index contributed by atoms with van der Waals surface area (Å²) < 4.78 is 0. The third kappa shape index (κ3) is 8.24. The molecule has 0 radical (unpaired) electrons. The molecule has 0 saturated heterocycles. The maximum atomic E-state index is 11.4. The number of carbonyl (C=O) groups excluding carboxylic acids is 1. The van der Waals surface area contributed by atoms with Crippen LogP contribution in [0, 0.1) is 0 Å². The van der Waals surface area contributed by atoms with E-state index < -0.39 is 0 Å². The Morgan fingerprint density at radius 1 is 1.14 bits per heavy atom. The average molecular weight is 199 g/mol. The summed E-state index contributed by atoms with van der Waals surface area (Å²) in [6.07, 6.45) is 8.28. The molecule has 1 unspecified atom stereocenters. The van der Waals surface area contributed by atoms with Crippen LogP contribution in [0.4, 0.5) is 0 Å². The third-order valence-corrected chi connectivity index (χ3v) is 2.57. The molecule has 0 aliphatic rings. The average Bonchev–Trinajstić information content (AvgIpc) is 2.17. The van der Waals surface area contributed by atoms with Gasteiger partial charge in [-0.2, -0.15) is 0 Å². The maximum absolute atomic E-state index is 11.4. The number of Topliss-reactive ketones (excluding diaryl/α,β-unsaturated/α-hetero) is 1. The smallest absolute Gasteiger partial charge is 0.134 e. The summed E-state index contributed by atoms with van der Waals surface area (Å²) in [5.41, 5.74) is 5.70. The van der Waals surface area contributed by atoms with Gasteiger partial charge >= 0.3 is 0 Å². The Balaban J connectivity index is 3.27. The summed E-state index contributed by atoms with van der Waals surface area (Å²) >= 11 is 0. The van der Waals surface area contributed by atoms with Crippen molar-refractivity contribution >= 4 is 5.78 Å². The number of unbranched alkanes of at least 4 members (excludes halogenated alkanes) is 4. The molecule has 0 aliphatic carbocycles. The Morgan fingerprint density at radius 2 is 1.79 bits per heavy atom. The summed E-state index contributed by atoms with van der Waals surface area (Å²) in [5, 5.41) is 0. The first kappa shape index (κ1) is 13.6. The summed E-state index contributed by atoms with van der Waals surface area (Å²) in [5.74, 6) is 0.343. The highest BCUT2D eigenvalue weighted by atomic mass is 16.1. The van der Waals surface area contributed by atoms with Crippen LogP contribution in [0.5, 0.6) is 0 Å². The van der Waals surface area contributed by atoms with Gasteiger partial charge in [-0.1, -0.05) is 39.5 Å². The molecule has 0 rings (SSSR count). The molecule has 2 heteroatoms. The Kier molecular flexibility index (Phi) is 8.95. The molecule has 2 N–H and O–H groups in total. The van der Waals surface area contributed by atoms with Crippen LogP contribution in [0.3, 0.4) is 0 Å². The highest BCUT2D eigenvalue weighted by Gasteiger charge is 2.06. The first-order chi connectivity index (χ1) is 6.70. The summed E-state index contributed by atoms with van der Waals surface area (Å²) in [6.45, 7) is 4.23. The lowest BCUT2D eigenvalue weighted by Crippen LogP contribution is -2.22. The largest absolute Gasteiger partial charge is 0.327 e. The number of nitrogens with two attached hydrogens (primary N) is 1. The number of hydrogen-bond acceptors (Lipinski definition) is 2. The van der Waals surface area contributed by atoms with E-state index in [1.807, 2.05) is 6.92 Å². The minimum atomic E-state index is 0.0816. The molecular formula is C12H25NO. The topological polar surface area (TPSA) is 43.1 Å². The molecule has 1 atom stereocenters. The molecule has 0 amide bonds. The van der Waals surface area contributed by atoms with E-state index in [2.05, 4.69) is 6.92 Å². The maximum Gasteiger partial charge on any atom is 0.134 e. The Bertz CT molecular complexity index is 145. The molecular weight excluding hydrogens is 174 g/mol. The summed E-state index contributed by atoms with van der Waals surface area (Å²) in [7, 11) is 0. The molecule has 0 fully saturated rings. The first-order valence-corrected chi connectivity index (χ1v) is 5.98. The van der Waals surface area contributed by atoms with Crippen molar-refractivity contribution in [1.82, 2.24) is 0 Å². The van der Waals surface area contributed by atoms with Crippen LogP contribution < -0.4 is 5.73 Å². The van der Waals surface area contributed by atoms with Crippen LogP contribution in [0.1, 0.15) is 65.2 Å². The van der Waals surface area contributed by atoms with Crippen LogP contribution in [-0.2, 0) is 4.79 Å². The lowest BCUT2D eigenvalue weighted by molar-refractivity contribution is -0.119. The first-order valence-electron chi connectivity index (χ1n) is 5.98. The zero-order valence-electron chi connectivity index (χ0n) is 9.72. The number of hydrogen-bond donors (Lipinski definition) is 1. The van der Waals surface area contributed by atoms with Crippen LogP contribution in [0.25, 0.3) is 0 Å². The van der Waals surface area contributed by atoms with Gasteiger partial charge in [0.1, 0.15) is 5.78 Å². The van der Waals surface area contributed by atoms with Crippen LogP contribution >= 0.6 is 0 Å². The van der Waals surface area contributed by atoms with E-state index in [0.717, 1.165) is 19.3 Å². The van der Waals surface area contributed by atoms with Gasteiger partial charge in [0.25, 0.3) is 0 Å². The van der Waals surface area contributed by atoms with E-state index in [0.29, 0.717) is 12.2 Å². The highest BCUT2D eigenvalue weighted by Crippen LogP contribution is 2.07.